The molecule has 1 aliphatic rings. The van der Waals surface area contributed by atoms with Crippen LogP contribution in [0.3, 0.4) is 0 Å². The maximum atomic E-state index is 13.2. The number of nitro benzene ring substituents is 1. The third kappa shape index (κ3) is 5.53. The summed E-state index contributed by atoms with van der Waals surface area (Å²) in [6.45, 7) is 1.73. The Balaban J connectivity index is 2.00. The fourth-order valence-electron chi connectivity index (χ4n) is 4.26. The second-order valence-corrected chi connectivity index (χ2v) is 7.96. The van der Waals surface area contributed by atoms with Crippen LogP contribution in [0.25, 0.3) is 0 Å². The predicted molar refractivity (Wildman–Crippen MR) is 123 cm³/mol. The average molecular weight is 503 g/mol. The number of hydrogen-bond donors (Lipinski definition) is 1. The van der Waals surface area contributed by atoms with Crippen molar-refractivity contribution in [3.8, 4) is 5.75 Å². The number of carbonyl (C=O) groups is 3. The molecule has 192 valence electrons. The van der Waals surface area contributed by atoms with Gasteiger partial charge >= 0.3 is 17.7 Å². The summed E-state index contributed by atoms with van der Waals surface area (Å²) in [5, 5.41) is 14.3. The molecule has 1 saturated heterocycles. The molecule has 2 aromatic carbocycles. The van der Waals surface area contributed by atoms with E-state index in [4.69, 9.17) is 14.2 Å². The number of amides is 2. The number of rotatable bonds is 8. The minimum atomic E-state index is -1.14. The van der Waals surface area contributed by atoms with Gasteiger partial charge in [-0.05, 0) is 42.7 Å². The number of carbonyl (C=O) groups excluding carboxylic acids is 3. The van der Waals surface area contributed by atoms with Crippen molar-refractivity contribution < 1.29 is 37.9 Å². The molecule has 0 saturated carbocycles. The van der Waals surface area contributed by atoms with Crippen molar-refractivity contribution in [1.82, 2.24) is 10.2 Å². The van der Waals surface area contributed by atoms with Crippen molar-refractivity contribution in [3.05, 3.63) is 69.5 Å². The second kappa shape index (κ2) is 11.5. The van der Waals surface area contributed by atoms with E-state index in [9.17, 15) is 28.9 Å². The zero-order chi connectivity index (χ0) is 26.4. The highest BCUT2D eigenvalue weighted by Crippen LogP contribution is 2.44. The largest absolute Gasteiger partial charge is 0.490 e. The van der Waals surface area contributed by atoms with E-state index in [0.717, 1.165) is 12.0 Å². The summed E-state index contributed by atoms with van der Waals surface area (Å²) in [4.78, 5) is 51.0. The van der Waals surface area contributed by atoms with E-state index >= 15 is 0 Å². The van der Waals surface area contributed by atoms with Crippen LogP contribution >= 0.6 is 0 Å². The summed E-state index contributed by atoms with van der Waals surface area (Å²) < 4.78 is 28.3. The minimum absolute atomic E-state index is 0.00681. The molecule has 0 bridgehead atoms. The molecular formula is C24H26FN3O8. The van der Waals surface area contributed by atoms with Crippen molar-refractivity contribution in [2.75, 3.05) is 20.8 Å². The number of ether oxygens (including phenoxy) is 3. The molecule has 12 heteroatoms. The number of benzene rings is 2. The predicted octanol–water partition coefficient (Wildman–Crippen LogP) is 3.12. The molecule has 2 aromatic rings. The quantitative estimate of drug-likeness (QED) is 0.330. The highest BCUT2D eigenvalue weighted by atomic mass is 19.1. The van der Waals surface area contributed by atoms with Crippen LogP contribution in [0.5, 0.6) is 5.75 Å². The Hall–Kier alpha value is -4.22. The number of nitro groups is 1. The minimum Gasteiger partial charge on any atom is -0.490 e. The molecule has 0 radical (unpaired) electrons. The molecule has 2 amide bonds. The highest BCUT2D eigenvalue weighted by molar-refractivity contribution is 5.89. The first-order valence-electron chi connectivity index (χ1n) is 11.1. The van der Waals surface area contributed by atoms with E-state index in [1.165, 1.54) is 49.6 Å². The lowest BCUT2D eigenvalue weighted by molar-refractivity contribution is -0.385. The Kier molecular flexibility index (Phi) is 8.41. The Morgan fingerprint density at radius 1 is 1.17 bits per heavy atom. The Morgan fingerprint density at radius 3 is 2.44 bits per heavy atom. The number of nitrogens with one attached hydrogen (secondary N) is 1. The topological polar surface area (TPSA) is 137 Å². The molecule has 36 heavy (non-hydrogen) atoms. The standard InChI is InChI=1S/C24H26FN3O8/c1-4-36-23(30)17-12-19(22(29)26-13-14-5-8-16(25)9-6-14)27(24(31)35-3)21(17)15-7-10-20(34-2)18(11-15)28(32)33/h5-11,17,19,21H,4,12-13H2,1-3H3,(H,26,29). The highest BCUT2D eigenvalue weighted by Gasteiger charge is 2.52. The molecule has 1 N–H and O–H groups in total. The Labute approximate surface area is 206 Å². The lowest BCUT2D eigenvalue weighted by Crippen LogP contribution is -2.46. The van der Waals surface area contributed by atoms with E-state index in [0.29, 0.717) is 5.56 Å². The van der Waals surface area contributed by atoms with Crippen LogP contribution in [0.15, 0.2) is 42.5 Å². The van der Waals surface area contributed by atoms with E-state index in [-0.39, 0.29) is 36.6 Å². The third-order valence-corrected chi connectivity index (χ3v) is 5.89. The van der Waals surface area contributed by atoms with Crippen LogP contribution in [-0.2, 0) is 25.6 Å². The van der Waals surface area contributed by atoms with Crippen molar-refractivity contribution in [2.45, 2.75) is 32.0 Å². The van der Waals surface area contributed by atoms with E-state index in [1.54, 1.807) is 6.92 Å². The summed E-state index contributed by atoms with van der Waals surface area (Å²) in [5.41, 5.74) is 0.489. The van der Waals surface area contributed by atoms with Crippen LogP contribution in [0.1, 0.15) is 30.5 Å². The zero-order valence-electron chi connectivity index (χ0n) is 19.9. The molecular weight excluding hydrogens is 477 g/mol. The van der Waals surface area contributed by atoms with Gasteiger partial charge in [-0.1, -0.05) is 18.2 Å². The third-order valence-electron chi connectivity index (χ3n) is 5.89. The molecule has 11 nitrogen and oxygen atoms in total. The number of nitrogens with zero attached hydrogens (tertiary/aromatic N) is 2. The molecule has 0 spiro atoms. The first-order valence-corrected chi connectivity index (χ1v) is 11.1. The van der Waals surface area contributed by atoms with Gasteiger partial charge < -0.3 is 19.5 Å². The molecule has 1 fully saturated rings. The number of halogens is 1. The fourth-order valence-corrected chi connectivity index (χ4v) is 4.26. The summed E-state index contributed by atoms with van der Waals surface area (Å²) in [6.07, 6.45) is -1.000. The van der Waals surface area contributed by atoms with Crippen LogP contribution in [-0.4, -0.2) is 54.7 Å². The number of likely N-dealkylation sites (tertiary alicyclic amines) is 1. The second-order valence-electron chi connectivity index (χ2n) is 7.96. The van der Waals surface area contributed by atoms with Crippen molar-refractivity contribution in [3.63, 3.8) is 0 Å². The molecule has 0 aromatic heterocycles. The van der Waals surface area contributed by atoms with Crippen molar-refractivity contribution >= 4 is 23.7 Å². The van der Waals surface area contributed by atoms with Gasteiger partial charge in [-0.25, -0.2) is 9.18 Å². The van der Waals surface area contributed by atoms with Gasteiger partial charge in [0.25, 0.3) is 0 Å². The van der Waals surface area contributed by atoms with Crippen LogP contribution < -0.4 is 10.1 Å². The Morgan fingerprint density at radius 2 is 1.86 bits per heavy atom. The summed E-state index contributed by atoms with van der Waals surface area (Å²) >= 11 is 0. The number of hydrogen-bond acceptors (Lipinski definition) is 8. The van der Waals surface area contributed by atoms with E-state index in [1.807, 2.05) is 0 Å². The van der Waals surface area contributed by atoms with Crippen molar-refractivity contribution in [2.24, 2.45) is 5.92 Å². The molecule has 3 unspecified atom stereocenters. The zero-order valence-corrected chi connectivity index (χ0v) is 19.9. The van der Waals surface area contributed by atoms with Crippen LogP contribution in [0.4, 0.5) is 14.9 Å². The lowest BCUT2D eigenvalue weighted by Gasteiger charge is -2.29. The normalized spacial score (nSPS) is 18.9. The van der Waals surface area contributed by atoms with Gasteiger partial charge in [0.15, 0.2) is 5.75 Å². The molecule has 3 atom stereocenters. The fraction of sp³-hybridized carbons (Fsp3) is 0.375. The van der Waals surface area contributed by atoms with Gasteiger partial charge in [-0.15, -0.1) is 0 Å². The maximum Gasteiger partial charge on any atom is 0.410 e. The first-order chi connectivity index (χ1) is 17.2. The number of esters is 1. The molecule has 1 aliphatic heterocycles. The van der Waals surface area contributed by atoms with Crippen molar-refractivity contribution in [1.29, 1.82) is 0 Å². The van der Waals surface area contributed by atoms with Gasteiger partial charge in [-0.3, -0.25) is 24.6 Å². The van der Waals surface area contributed by atoms with Crippen LogP contribution in [0, 0.1) is 21.8 Å². The Bertz CT molecular complexity index is 1140. The molecule has 3 rings (SSSR count). The summed E-state index contributed by atoms with van der Waals surface area (Å²) in [6, 6.07) is 7.32. The smallest absolute Gasteiger partial charge is 0.410 e. The van der Waals surface area contributed by atoms with E-state index < -0.39 is 46.7 Å². The first kappa shape index (κ1) is 26.4. The average Bonchev–Trinajstić information content (AvgIpc) is 3.28. The van der Waals surface area contributed by atoms with E-state index in [2.05, 4.69) is 5.32 Å². The molecule has 0 aliphatic carbocycles. The molecule has 1 heterocycles. The maximum absolute atomic E-state index is 13.2. The monoisotopic (exact) mass is 503 g/mol. The van der Waals surface area contributed by atoms with Gasteiger partial charge in [0.05, 0.1) is 37.7 Å². The van der Waals surface area contributed by atoms with Gasteiger partial charge in [0.1, 0.15) is 11.9 Å². The number of methoxy groups -OCH3 is 2. The van der Waals surface area contributed by atoms with Gasteiger partial charge in [0, 0.05) is 12.6 Å². The SMILES string of the molecule is CCOC(=O)C1CC(C(=O)NCc2ccc(F)cc2)N(C(=O)OC)C1c1ccc(OC)c([N+](=O)[O-])c1. The lowest BCUT2D eigenvalue weighted by atomic mass is 9.92. The summed E-state index contributed by atoms with van der Waals surface area (Å²) in [7, 11) is 2.41. The van der Waals surface area contributed by atoms with Gasteiger partial charge in [-0.2, -0.15) is 0 Å². The van der Waals surface area contributed by atoms with Crippen LogP contribution in [0.2, 0.25) is 0 Å². The summed E-state index contributed by atoms with van der Waals surface area (Å²) in [5.74, 6) is -2.68. The van der Waals surface area contributed by atoms with Gasteiger partial charge in [0.2, 0.25) is 5.91 Å².